The predicted octanol–water partition coefficient (Wildman–Crippen LogP) is 1.76. The lowest BCUT2D eigenvalue weighted by atomic mass is 10.3. The van der Waals surface area contributed by atoms with Gasteiger partial charge in [-0.05, 0) is 12.1 Å². The van der Waals surface area contributed by atoms with Gasteiger partial charge in [0.15, 0.2) is 0 Å². The summed E-state index contributed by atoms with van der Waals surface area (Å²) in [5.41, 5.74) is 5.56. The first-order valence-electron chi connectivity index (χ1n) is 4.09. The highest BCUT2D eigenvalue weighted by molar-refractivity contribution is 7.89. The van der Waals surface area contributed by atoms with Crippen LogP contribution in [0.1, 0.15) is 0 Å². The summed E-state index contributed by atoms with van der Waals surface area (Å²) in [6.45, 7) is 0. The Hall–Kier alpha value is -0.530. The van der Waals surface area contributed by atoms with Gasteiger partial charge < -0.3 is 5.73 Å². The van der Waals surface area contributed by atoms with Crippen molar-refractivity contribution in [2.24, 2.45) is 0 Å². The van der Waals surface area contributed by atoms with Gasteiger partial charge in [-0.1, -0.05) is 27.7 Å². The maximum atomic E-state index is 11.9. The van der Waals surface area contributed by atoms with Crippen molar-refractivity contribution in [2.75, 3.05) is 19.9 Å². The molecule has 0 radical (unpaired) electrons. The molecule has 0 fully saturated rings. The summed E-state index contributed by atoms with van der Waals surface area (Å²) in [6, 6.07) is 2.63. The van der Waals surface area contributed by atoms with Gasteiger partial charge in [-0.3, -0.25) is 4.84 Å². The molecule has 1 aromatic rings. The monoisotopic (exact) mass is 284 g/mol. The summed E-state index contributed by atoms with van der Waals surface area (Å²) < 4.78 is 24.4. The first-order chi connectivity index (χ1) is 7.32. The summed E-state index contributed by atoms with van der Waals surface area (Å²) in [5.74, 6) is 0. The van der Waals surface area contributed by atoms with Crippen LogP contribution >= 0.6 is 23.2 Å². The molecule has 0 aliphatic carbocycles. The number of nitrogens with zero attached hydrogens (tertiary/aromatic N) is 1. The maximum absolute atomic E-state index is 11.9. The van der Waals surface area contributed by atoms with Gasteiger partial charge in [0.1, 0.15) is 4.90 Å². The zero-order valence-electron chi connectivity index (χ0n) is 8.57. The van der Waals surface area contributed by atoms with Crippen molar-refractivity contribution < 1.29 is 13.3 Å². The quantitative estimate of drug-likeness (QED) is 0.678. The van der Waals surface area contributed by atoms with E-state index in [-0.39, 0.29) is 20.6 Å². The molecule has 16 heavy (non-hydrogen) atoms. The predicted molar refractivity (Wildman–Crippen MR) is 62.8 cm³/mol. The lowest BCUT2D eigenvalue weighted by Gasteiger charge is -2.16. The van der Waals surface area contributed by atoms with Crippen molar-refractivity contribution in [3.8, 4) is 0 Å². The summed E-state index contributed by atoms with van der Waals surface area (Å²) in [5, 5.41) is 0.0837. The van der Waals surface area contributed by atoms with E-state index in [1.165, 1.54) is 26.3 Å². The van der Waals surface area contributed by atoms with E-state index >= 15 is 0 Å². The number of hydrogen-bond donors (Lipinski definition) is 1. The second-order valence-corrected chi connectivity index (χ2v) is 5.56. The lowest BCUT2D eigenvalue weighted by molar-refractivity contribution is -0.0258. The molecule has 1 rings (SSSR count). The smallest absolute Gasteiger partial charge is 0.266 e. The Labute approximate surface area is 104 Å². The third-order valence-electron chi connectivity index (χ3n) is 1.96. The van der Waals surface area contributed by atoms with Gasteiger partial charge in [-0.25, -0.2) is 8.42 Å². The first kappa shape index (κ1) is 13.5. The molecule has 0 unspecified atom stereocenters. The Morgan fingerprint density at radius 3 is 2.44 bits per heavy atom. The number of rotatable bonds is 3. The molecular weight excluding hydrogens is 275 g/mol. The Kier molecular flexibility index (Phi) is 4.03. The number of nitrogens with two attached hydrogens (primary N) is 1. The normalized spacial score (nSPS) is 12.1. The second-order valence-electron chi connectivity index (χ2n) is 2.87. The lowest BCUT2D eigenvalue weighted by Crippen LogP contribution is -2.26. The zero-order chi connectivity index (χ0) is 12.5. The van der Waals surface area contributed by atoms with Gasteiger partial charge in [0, 0.05) is 7.05 Å². The van der Waals surface area contributed by atoms with Crippen molar-refractivity contribution >= 4 is 38.9 Å². The van der Waals surface area contributed by atoms with Crippen LogP contribution in [0.3, 0.4) is 0 Å². The summed E-state index contributed by atoms with van der Waals surface area (Å²) in [4.78, 5) is 4.46. The van der Waals surface area contributed by atoms with Gasteiger partial charge in [-0.15, -0.1) is 0 Å². The van der Waals surface area contributed by atoms with E-state index in [4.69, 9.17) is 28.9 Å². The average molecular weight is 285 g/mol. The van der Waals surface area contributed by atoms with E-state index in [1.807, 2.05) is 0 Å². The molecule has 0 aromatic heterocycles. The number of nitrogen functional groups attached to an aromatic ring is 1. The van der Waals surface area contributed by atoms with Crippen LogP contribution < -0.4 is 5.73 Å². The van der Waals surface area contributed by atoms with E-state index in [9.17, 15) is 8.42 Å². The second kappa shape index (κ2) is 4.77. The Bertz CT molecular complexity index is 504. The summed E-state index contributed by atoms with van der Waals surface area (Å²) in [7, 11) is -1.35. The Balaban J connectivity index is 3.41. The van der Waals surface area contributed by atoms with Crippen molar-refractivity contribution in [1.29, 1.82) is 0 Å². The van der Waals surface area contributed by atoms with Gasteiger partial charge in [0.05, 0.1) is 22.8 Å². The standard InChI is InChI=1S/C8H10Cl2N2O3S/c1-12(15-2)16(13,14)6-4-3-5(9)8(11)7(6)10/h3-4H,11H2,1-2H3. The van der Waals surface area contributed by atoms with Gasteiger partial charge >= 0.3 is 0 Å². The highest BCUT2D eigenvalue weighted by Gasteiger charge is 2.25. The Morgan fingerprint density at radius 2 is 1.94 bits per heavy atom. The minimum absolute atomic E-state index is 0.0221. The molecule has 8 heteroatoms. The molecule has 2 N–H and O–H groups in total. The van der Waals surface area contributed by atoms with Crippen LogP contribution in [0.15, 0.2) is 17.0 Å². The molecule has 0 amide bonds. The van der Waals surface area contributed by atoms with E-state index < -0.39 is 10.0 Å². The van der Waals surface area contributed by atoms with E-state index in [2.05, 4.69) is 4.84 Å². The fraction of sp³-hybridized carbons (Fsp3) is 0.250. The largest absolute Gasteiger partial charge is 0.396 e. The van der Waals surface area contributed by atoms with Crippen molar-refractivity contribution in [1.82, 2.24) is 4.47 Å². The number of halogens is 2. The molecule has 0 heterocycles. The van der Waals surface area contributed by atoms with Crippen LogP contribution in [0.25, 0.3) is 0 Å². The topological polar surface area (TPSA) is 72.6 Å². The number of sulfonamides is 1. The molecule has 0 atom stereocenters. The molecule has 1 aromatic carbocycles. The zero-order valence-corrected chi connectivity index (χ0v) is 10.9. The highest BCUT2D eigenvalue weighted by Crippen LogP contribution is 2.34. The third-order valence-corrected chi connectivity index (χ3v) is 4.54. The van der Waals surface area contributed by atoms with Crippen molar-refractivity contribution in [3.05, 3.63) is 22.2 Å². The molecule has 0 aliphatic rings. The van der Waals surface area contributed by atoms with Crippen LogP contribution in [-0.2, 0) is 14.9 Å². The molecule has 0 saturated carbocycles. The molecular formula is C8H10Cl2N2O3S. The fourth-order valence-electron chi connectivity index (χ4n) is 0.985. The fourth-order valence-corrected chi connectivity index (χ4v) is 2.70. The van der Waals surface area contributed by atoms with Crippen molar-refractivity contribution in [3.63, 3.8) is 0 Å². The third kappa shape index (κ3) is 2.26. The SMILES string of the molecule is CON(C)S(=O)(=O)c1ccc(Cl)c(N)c1Cl. The van der Waals surface area contributed by atoms with Crippen molar-refractivity contribution in [2.45, 2.75) is 4.90 Å². The molecule has 5 nitrogen and oxygen atoms in total. The van der Waals surface area contributed by atoms with E-state index in [0.29, 0.717) is 4.47 Å². The van der Waals surface area contributed by atoms with Gasteiger partial charge in [-0.2, -0.15) is 0 Å². The van der Waals surface area contributed by atoms with Gasteiger partial charge in [0.2, 0.25) is 0 Å². The molecule has 0 bridgehead atoms. The molecule has 0 saturated heterocycles. The number of benzene rings is 1. The summed E-state index contributed by atoms with van der Waals surface area (Å²) in [6.07, 6.45) is 0. The van der Waals surface area contributed by atoms with Crippen LogP contribution in [-0.4, -0.2) is 27.0 Å². The van der Waals surface area contributed by atoms with Crippen LogP contribution in [0.5, 0.6) is 0 Å². The van der Waals surface area contributed by atoms with Crippen LogP contribution in [0, 0.1) is 0 Å². The summed E-state index contributed by atoms with van der Waals surface area (Å²) >= 11 is 11.5. The van der Waals surface area contributed by atoms with Crippen LogP contribution in [0.4, 0.5) is 5.69 Å². The first-order valence-corrected chi connectivity index (χ1v) is 6.28. The average Bonchev–Trinajstić information content (AvgIpc) is 2.24. The minimum atomic E-state index is -3.82. The molecule has 90 valence electrons. The highest BCUT2D eigenvalue weighted by atomic mass is 35.5. The van der Waals surface area contributed by atoms with E-state index in [0.717, 1.165) is 0 Å². The van der Waals surface area contributed by atoms with Crippen LogP contribution in [0.2, 0.25) is 10.0 Å². The number of hydroxylamine groups is 1. The molecule has 0 aliphatic heterocycles. The number of hydrogen-bond acceptors (Lipinski definition) is 4. The maximum Gasteiger partial charge on any atom is 0.266 e. The minimum Gasteiger partial charge on any atom is -0.396 e. The number of anilines is 1. The Morgan fingerprint density at radius 1 is 1.38 bits per heavy atom. The molecule has 0 spiro atoms. The van der Waals surface area contributed by atoms with E-state index in [1.54, 1.807) is 0 Å². The van der Waals surface area contributed by atoms with Gasteiger partial charge in [0.25, 0.3) is 10.0 Å².